The average Bonchev–Trinajstić information content (AvgIpc) is 2.96. The molecule has 2 N–H and O–H groups in total. The van der Waals surface area contributed by atoms with Gasteiger partial charge in [-0.25, -0.2) is 13.2 Å². The quantitative estimate of drug-likeness (QED) is 0.169. The van der Waals surface area contributed by atoms with Crippen molar-refractivity contribution in [1.29, 1.82) is 0 Å². The summed E-state index contributed by atoms with van der Waals surface area (Å²) in [4.78, 5) is 24.3. The largest absolute Gasteiger partial charge is 0.489 e. The van der Waals surface area contributed by atoms with E-state index in [0.29, 0.717) is 17.9 Å². The van der Waals surface area contributed by atoms with Crippen molar-refractivity contribution in [3.63, 3.8) is 0 Å². The lowest BCUT2D eigenvalue weighted by atomic mass is 10.0. The minimum Gasteiger partial charge on any atom is -0.489 e. The summed E-state index contributed by atoms with van der Waals surface area (Å²) in [5.41, 5.74) is 1.53. The second-order valence-corrected chi connectivity index (χ2v) is 14.6. The fourth-order valence-electron chi connectivity index (χ4n) is 4.67. The van der Waals surface area contributed by atoms with Gasteiger partial charge in [-0.15, -0.1) is 0 Å². The number of ether oxygens (including phenoxy) is 3. The van der Waals surface area contributed by atoms with E-state index < -0.39 is 39.8 Å². The molecule has 46 heavy (non-hydrogen) atoms. The van der Waals surface area contributed by atoms with Gasteiger partial charge in [-0.05, 0) is 87.1 Å². The van der Waals surface area contributed by atoms with Gasteiger partial charge in [0.1, 0.15) is 23.7 Å². The molecular formula is C35H46N2O8S. The lowest BCUT2D eigenvalue weighted by Gasteiger charge is -2.31. The summed E-state index contributed by atoms with van der Waals surface area (Å²) in [6, 6.07) is 20.5. The fraction of sp³-hybridized carbons (Fsp3) is 0.429. The van der Waals surface area contributed by atoms with Crippen molar-refractivity contribution in [3.8, 4) is 11.5 Å². The molecule has 3 aromatic carbocycles. The first kappa shape index (κ1) is 36.5. The highest BCUT2D eigenvalue weighted by Crippen LogP contribution is 2.26. The highest BCUT2D eigenvalue weighted by molar-refractivity contribution is 7.89. The monoisotopic (exact) mass is 654 g/mol. The van der Waals surface area contributed by atoms with Gasteiger partial charge in [0.05, 0.1) is 17.0 Å². The number of nitrogens with zero attached hydrogens (tertiary/aromatic N) is 1. The molecule has 0 aliphatic rings. The molecule has 0 aliphatic heterocycles. The zero-order valence-electron chi connectivity index (χ0n) is 27.6. The van der Waals surface area contributed by atoms with Gasteiger partial charge >= 0.3 is 12.1 Å². The minimum atomic E-state index is -4.09. The SMILES string of the molecule is CC(=O)Oc1ccc(S(=O)(=O)N(CC(C)C)CC(O)C(Cc2ccc(OCc3ccccc3)cc2)NC(=O)OC(C)(C)C)cc1C. The van der Waals surface area contributed by atoms with Gasteiger partial charge in [0.25, 0.3) is 0 Å². The third-order valence-corrected chi connectivity index (χ3v) is 8.62. The molecule has 11 heteroatoms. The smallest absolute Gasteiger partial charge is 0.407 e. The standard InChI is InChI=1S/C35H46N2O8S/c1-24(2)21-37(46(41,42)30-17-18-33(25(3)19-30)44-26(4)38)22-32(39)31(36-34(40)45-35(5,6)7)20-27-13-15-29(16-14-27)43-23-28-11-9-8-10-12-28/h8-19,24,31-32,39H,20-23H2,1-7H3,(H,36,40). The number of amides is 1. The van der Waals surface area contributed by atoms with E-state index in [4.69, 9.17) is 14.2 Å². The molecule has 10 nitrogen and oxygen atoms in total. The van der Waals surface area contributed by atoms with Crippen LogP contribution in [-0.4, -0.2) is 60.7 Å². The van der Waals surface area contributed by atoms with Crippen LogP contribution in [0.15, 0.2) is 77.7 Å². The van der Waals surface area contributed by atoms with Crippen molar-refractivity contribution in [2.45, 2.75) is 84.1 Å². The summed E-state index contributed by atoms with van der Waals surface area (Å²) in [6.07, 6.45) is -1.82. The van der Waals surface area contributed by atoms with Crippen LogP contribution in [0.2, 0.25) is 0 Å². The van der Waals surface area contributed by atoms with E-state index in [0.717, 1.165) is 11.1 Å². The average molecular weight is 655 g/mol. The number of nitrogens with one attached hydrogen (secondary N) is 1. The lowest BCUT2D eigenvalue weighted by molar-refractivity contribution is -0.131. The maximum absolute atomic E-state index is 13.9. The van der Waals surface area contributed by atoms with E-state index in [9.17, 15) is 23.1 Å². The number of alkyl carbamates (subject to hydrolysis) is 1. The second-order valence-electron chi connectivity index (χ2n) is 12.7. The number of aryl methyl sites for hydroxylation is 1. The highest BCUT2D eigenvalue weighted by atomic mass is 32.2. The summed E-state index contributed by atoms with van der Waals surface area (Å²) in [5.74, 6) is 0.347. The Labute approximate surface area is 272 Å². The third-order valence-electron chi connectivity index (χ3n) is 6.79. The molecule has 0 saturated heterocycles. The first-order chi connectivity index (χ1) is 21.5. The molecule has 0 saturated carbocycles. The van der Waals surface area contributed by atoms with Crippen LogP contribution in [0.3, 0.4) is 0 Å². The Balaban J connectivity index is 1.83. The Hall–Kier alpha value is -3.93. The molecule has 3 rings (SSSR count). The van der Waals surface area contributed by atoms with E-state index in [-0.39, 0.29) is 36.1 Å². The number of aliphatic hydroxyl groups excluding tert-OH is 1. The number of aliphatic hydroxyl groups is 1. The van der Waals surface area contributed by atoms with E-state index >= 15 is 0 Å². The Kier molecular flexibility index (Phi) is 12.8. The van der Waals surface area contributed by atoms with Crippen LogP contribution >= 0.6 is 0 Å². The molecule has 0 aromatic heterocycles. The summed E-state index contributed by atoms with van der Waals surface area (Å²) in [5, 5.41) is 14.3. The Bertz CT molecular complexity index is 1550. The van der Waals surface area contributed by atoms with Gasteiger partial charge in [0.2, 0.25) is 10.0 Å². The van der Waals surface area contributed by atoms with Gasteiger partial charge in [0.15, 0.2) is 0 Å². The molecule has 0 fully saturated rings. The zero-order valence-corrected chi connectivity index (χ0v) is 28.5. The molecular weight excluding hydrogens is 608 g/mol. The summed E-state index contributed by atoms with van der Waals surface area (Å²) >= 11 is 0. The van der Waals surface area contributed by atoms with Crippen LogP contribution in [0.1, 0.15) is 58.2 Å². The van der Waals surface area contributed by atoms with Crippen LogP contribution in [-0.2, 0) is 32.6 Å². The van der Waals surface area contributed by atoms with Crippen molar-refractivity contribution in [2.24, 2.45) is 5.92 Å². The maximum atomic E-state index is 13.9. The molecule has 250 valence electrons. The molecule has 3 aromatic rings. The Morgan fingerprint density at radius 3 is 2.15 bits per heavy atom. The van der Waals surface area contributed by atoms with Gasteiger partial charge in [-0.3, -0.25) is 4.79 Å². The number of carbonyl (C=O) groups is 2. The van der Waals surface area contributed by atoms with Crippen molar-refractivity contribution >= 4 is 22.1 Å². The molecule has 0 heterocycles. The number of carbonyl (C=O) groups excluding carboxylic acids is 2. The normalized spacial score (nSPS) is 13.3. The first-order valence-electron chi connectivity index (χ1n) is 15.3. The van der Waals surface area contributed by atoms with E-state index in [1.165, 1.54) is 29.4 Å². The van der Waals surface area contributed by atoms with Crippen LogP contribution in [0.5, 0.6) is 11.5 Å². The van der Waals surface area contributed by atoms with Gasteiger partial charge in [-0.1, -0.05) is 56.3 Å². The van der Waals surface area contributed by atoms with E-state index in [2.05, 4.69) is 5.32 Å². The number of hydrogen-bond acceptors (Lipinski definition) is 8. The summed E-state index contributed by atoms with van der Waals surface area (Å²) < 4.78 is 45.4. The van der Waals surface area contributed by atoms with Gasteiger partial charge in [0, 0.05) is 20.0 Å². The molecule has 2 atom stereocenters. The molecule has 0 spiro atoms. The van der Waals surface area contributed by atoms with E-state index in [1.54, 1.807) is 27.7 Å². The molecule has 0 radical (unpaired) electrons. The van der Waals surface area contributed by atoms with Gasteiger partial charge in [-0.2, -0.15) is 4.31 Å². The number of hydrogen-bond donors (Lipinski definition) is 2. The number of rotatable bonds is 14. The van der Waals surface area contributed by atoms with Crippen molar-refractivity contribution < 1.29 is 37.3 Å². The number of esters is 1. The lowest BCUT2D eigenvalue weighted by Crippen LogP contribution is -2.51. The Morgan fingerprint density at radius 1 is 0.935 bits per heavy atom. The predicted octanol–water partition coefficient (Wildman–Crippen LogP) is 5.64. The van der Waals surface area contributed by atoms with Crippen molar-refractivity contribution in [3.05, 3.63) is 89.5 Å². The van der Waals surface area contributed by atoms with Crippen molar-refractivity contribution in [2.75, 3.05) is 13.1 Å². The van der Waals surface area contributed by atoms with Crippen LogP contribution < -0.4 is 14.8 Å². The summed E-state index contributed by atoms with van der Waals surface area (Å²) in [7, 11) is -4.09. The van der Waals surface area contributed by atoms with E-state index in [1.807, 2.05) is 68.4 Å². The maximum Gasteiger partial charge on any atom is 0.407 e. The zero-order chi connectivity index (χ0) is 34.1. The van der Waals surface area contributed by atoms with Gasteiger partial charge < -0.3 is 24.6 Å². The van der Waals surface area contributed by atoms with Crippen LogP contribution in [0.4, 0.5) is 4.79 Å². The fourth-order valence-corrected chi connectivity index (χ4v) is 6.38. The topological polar surface area (TPSA) is 131 Å². The summed E-state index contributed by atoms with van der Waals surface area (Å²) in [6.45, 7) is 12.1. The molecule has 0 aliphatic carbocycles. The van der Waals surface area contributed by atoms with Crippen molar-refractivity contribution in [1.82, 2.24) is 9.62 Å². The molecule has 0 bridgehead atoms. The Morgan fingerprint density at radius 2 is 1.59 bits per heavy atom. The molecule has 2 unspecified atom stereocenters. The third kappa shape index (κ3) is 11.5. The number of sulfonamides is 1. The van der Waals surface area contributed by atoms with Crippen LogP contribution in [0.25, 0.3) is 0 Å². The predicted molar refractivity (Wildman–Crippen MR) is 176 cm³/mol. The molecule has 1 amide bonds. The van der Waals surface area contributed by atoms with Crippen LogP contribution in [0, 0.1) is 12.8 Å². The minimum absolute atomic E-state index is 0.00325. The highest BCUT2D eigenvalue weighted by Gasteiger charge is 2.32. The first-order valence-corrected chi connectivity index (χ1v) is 16.7. The second kappa shape index (κ2) is 16.1. The number of benzene rings is 3.